The van der Waals surface area contributed by atoms with Crippen molar-refractivity contribution >= 4 is 0 Å². The van der Waals surface area contributed by atoms with Crippen LogP contribution in [0, 0.1) is 0 Å². The molecule has 23 heavy (non-hydrogen) atoms. The van der Waals surface area contributed by atoms with Crippen molar-refractivity contribution in [1.82, 2.24) is 10.1 Å². The van der Waals surface area contributed by atoms with E-state index in [2.05, 4.69) is 10.1 Å². The average Bonchev–Trinajstić information content (AvgIpc) is 3.25. The number of aromatic nitrogens is 2. The van der Waals surface area contributed by atoms with E-state index in [0.29, 0.717) is 17.5 Å². The number of aliphatic hydroxyl groups excluding tert-OH is 1. The molecular weight excluding hydrogens is 296 g/mol. The molecule has 2 heterocycles. The molecule has 0 saturated carbocycles. The molecule has 6 nitrogen and oxygen atoms in total. The Morgan fingerprint density at radius 1 is 1.26 bits per heavy atom. The Morgan fingerprint density at radius 3 is 3.09 bits per heavy atom. The normalized spacial score (nSPS) is 17.0. The van der Waals surface area contributed by atoms with Crippen LogP contribution in [0.3, 0.4) is 0 Å². The number of hydrogen-bond acceptors (Lipinski definition) is 6. The lowest BCUT2D eigenvalue weighted by Gasteiger charge is -2.23. The Kier molecular flexibility index (Phi) is 3.59. The zero-order valence-electron chi connectivity index (χ0n) is 12.4. The third kappa shape index (κ3) is 2.73. The van der Waals surface area contributed by atoms with Crippen LogP contribution in [0.1, 0.15) is 35.9 Å². The van der Waals surface area contributed by atoms with Crippen LogP contribution in [0.15, 0.2) is 45.5 Å². The van der Waals surface area contributed by atoms with Crippen molar-refractivity contribution in [2.24, 2.45) is 0 Å². The monoisotopic (exact) mass is 312 g/mol. The van der Waals surface area contributed by atoms with E-state index in [0.717, 1.165) is 36.1 Å². The first-order valence-electron chi connectivity index (χ1n) is 7.60. The highest BCUT2D eigenvalue weighted by Gasteiger charge is 2.21. The van der Waals surface area contributed by atoms with E-state index in [1.54, 1.807) is 18.4 Å². The van der Waals surface area contributed by atoms with Gasteiger partial charge in [0.15, 0.2) is 12.4 Å². The summed E-state index contributed by atoms with van der Waals surface area (Å²) in [4.78, 5) is 4.25. The smallest absolute Gasteiger partial charge is 0.293 e. The highest BCUT2D eigenvalue weighted by atomic mass is 16.5. The molecular formula is C17H16N2O4. The summed E-state index contributed by atoms with van der Waals surface area (Å²) in [7, 11) is 0. The lowest BCUT2D eigenvalue weighted by Crippen LogP contribution is -2.11. The van der Waals surface area contributed by atoms with E-state index in [4.69, 9.17) is 13.7 Å². The van der Waals surface area contributed by atoms with E-state index in [1.807, 2.05) is 18.2 Å². The molecule has 1 N–H and O–H groups in total. The van der Waals surface area contributed by atoms with Gasteiger partial charge >= 0.3 is 0 Å². The highest BCUT2D eigenvalue weighted by Crippen LogP contribution is 2.35. The first-order valence-corrected chi connectivity index (χ1v) is 7.60. The third-order valence-corrected chi connectivity index (χ3v) is 3.99. The number of benzene rings is 1. The van der Waals surface area contributed by atoms with E-state index < -0.39 is 6.10 Å². The summed E-state index contributed by atoms with van der Waals surface area (Å²) >= 11 is 0. The van der Waals surface area contributed by atoms with Crippen molar-refractivity contribution in [2.75, 3.05) is 0 Å². The lowest BCUT2D eigenvalue weighted by molar-refractivity contribution is 0.155. The molecule has 6 heteroatoms. The van der Waals surface area contributed by atoms with Gasteiger partial charge in [0.05, 0.1) is 12.4 Å². The fourth-order valence-electron chi connectivity index (χ4n) is 2.88. The summed E-state index contributed by atoms with van der Waals surface area (Å²) in [6.07, 6.45) is 3.81. The van der Waals surface area contributed by atoms with Crippen LogP contribution in [-0.2, 0) is 13.0 Å². The first kappa shape index (κ1) is 14.0. The second-order valence-corrected chi connectivity index (χ2v) is 5.51. The topological polar surface area (TPSA) is 81.5 Å². The predicted molar refractivity (Wildman–Crippen MR) is 80.7 cm³/mol. The molecule has 0 amide bonds. The van der Waals surface area contributed by atoms with E-state index in [1.165, 1.54) is 0 Å². The minimum atomic E-state index is -0.405. The molecule has 1 unspecified atom stereocenters. The fraction of sp³-hybridized carbons (Fsp3) is 0.294. The van der Waals surface area contributed by atoms with Crippen LogP contribution in [0.4, 0.5) is 0 Å². The quantitative estimate of drug-likeness (QED) is 0.796. The van der Waals surface area contributed by atoms with Gasteiger partial charge in [-0.15, -0.1) is 0 Å². The maximum absolute atomic E-state index is 10.1. The second kappa shape index (κ2) is 5.89. The summed E-state index contributed by atoms with van der Waals surface area (Å²) in [5.74, 6) is 2.08. The minimum absolute atomic E-state index is 0.205. The van der Waals surface area contributed by atoms with Crippen molar-refractivity contribution in [3.8, 4) is 17.4 Å². The molecule has 1 aromatic carbocycles. The maximum atomic E-state index is 10.1. The summed E-state index contributed by atoms with van der Waals surface area (Å²) in [5.41, 5.74) is 2.03. The van der Waals surface area contributed by atoms with E-state index in [-0.39, 0.29) is 6.61 Å². The van der Waals surface area contributed by atoms with Crippen LogP contribution in [0.2, 0.25) is 0 Å². The third-order valence-electron chi connectivity index (χ3n) is 3.99. The minimum Gasteiger partial charge on any atom is -0.485 e. The van der Waals surface area contributed by atoms with Gasteiger partial charge in [0.1, 0.15) is 5.75 Å². The van der Waals surface area contributed by atoms with Crippen molar-refractivity contribution in [1.29, 1.82) is 0 Å². The largest absolute Gasteiger partial charge is 0.485 e. The van der Waals surface area contributed by atoms with Crippen LogP contribution in [0.5, 0.6) is 5.75 Å². The van der Waals surface area contributed by atoms with Gasteiger partial charge in [0, 0.05) is 0 Å². The van der Waals surface area contributed by atoms with Crippen LogP contribution < -0.4 is 4.74 Å². The average molecular weight is 312 g/mol. The van der Waals surface area contributed by atoms with Gasteiger partial charge in [-0.05, 0) is 48.6 Å². The standard InChI is InChI=1S/C17H16N2O4/c20-13-6-1-5-12-11(13)4-2-7-14(12)22-10-16-18-17(23-19-16)15-8-3-9-21-15/h2-4,7-9,13,20H,1,5-6,10H2. The Morgan fingerprint density at radius 2 is 2.22 bits per heavy atom. The van der Waals surface area contributed by atoms with Crippen LogP contribution >= 0.6 is 0 Å². The number of ether oxygens (including phenoxy) is 1. The van der Waals surface area contributed by atoms with Crippen molar-refractivity contribution in [2.45, 2.75) is 32.0 Å². The summed E-state index contributed by atoms with van der Waals surface area (Å²) in [5, 5.41) is 14.0. The number of nitrogens with zero attached hydrogens (tertiary/aromatic N) is 2. The van der Waals surface area contributed by atoms with Gasteiger partial charge in [-0.2, -0.15) is 4.98 Å². The highest BCUT2D eigenvalue weighted by molar-refractivity contribution is 5.44. The van der Waals surface area contributed by atoms with Crippen LogP contribution in [0.25, 0.3) is 11.7 Å². The predicted octanol–water partition coefficient (Wildman–Crippen LogP) is 3.28. The molecule has 1 atom stereocenters. The molecule has 2 aromatic heterocycles. The molecule has 1 aliphatic rings. The molecule has 0 radical (unpaired) electrons. The molecule has 118 valence electrons. The van der Waals surface area contributed by atoms with Gasteiger partial charge in [0.25, 0.3) is 5.89 Å². The van der Waals surface area contributed by atoms with Gasteiger partial charge in [0.2, 0.25) is 5.82 Å². The van der Waals surface area contributed by atoms with E-state index >= 15 is 0 Å². The lowest BCUT2D eigenvalue weighted by atomic mass is 9.89. The van der Waals surface area contributed by atoms with Crippen molar-refractivity contribution < 1.29 is 18.8 Å². The molecule has 0 bridgehead atoms. The maximum Gasteiger partial charge on any atom is 0.293 e. The summed E-state index contributed by atoms with van der Waals surface area (Å²) in [6.45, 7) is 0.205. The van der Waals surface area contributed by atoms with E-state index in [9.17, 15) is 5.11 Å². The molecule has 0 spiro atoms. The number of hydrogen-bond donors (Lipinski definition) is 1. The van der Waals surface area contributed by atoms with Gasteiger partial charge in [-0.25, -0.2) is 0 Å². The van der Waals surface area contributed by atoms with Gasteiger partial charge in [-0.3, -0.25) is 0 Å². The fourth-order valence-corrected chi connectivity index (χ4v) is 2.88. The summed E-state index contributed by atoms with van der Waals surface area (Å²) in [6, 6.07) is 9.28. The Labute approximate surface area is 132 Å². The van der Waals surface area contributed by atoms with Gasteiger partial charge < -0.3 is 18.8 Å². The van der Waals surface area contributed by atoms with Crippen molar-refractivity contribution in [3.63, 3.8) is 0 Å². The molecule has 0 fully saturated rings. The zero-order chi connectivity index (χ0) is 15.6. The van der Waals surface area contributed by atoms with Crippen LogP contribution in [-0.4, -0.2) is 15.2 Å². The molecule has 4 rings (SSSR count). The Balaban J connectivity index is 1.51. The summed E-state index contributed by atoms with van der Waals surface area (Å²) < 4.78 is 16.2. The first-order chi connectivity index (χ1) is 11.3. The molecule has 0 saturated heterocycles. The number of aliphatic hydroxyl groups is 1. The SMILES string of the molecule is OC1CCCc2c(OCc3noc(-c4ccco4)n3)cccc21. The number of furan rings is 1. The second-order valence-electron chi connectivity index (χ2n) is 5.51. The molecule has 0 aliphatic heterocycles. The molecule has 1 aliphatic carbocycles. The Bertz CT molecular complexity index is 795. The zero-order valence-corrected chi connectivity index (χ0v) is 12.4. The number of fused-ring (bicyclic) bond motifs is 1. The molecule has 3 aromatic rings. The van der Waals surface area contributed by atoms with Gasteiger partial charge in [-0.1, -0.05) is 17.3 Å². The number of rotatable bonds is 4. The Hall–Kier alpha value is -2.60. The van der Waals surface area contributed by atoms with Crippen molar-refractivity contribution in [3.05, 3.63) is 53.5 Å².